The molecule has 0 atom stereocenters. The minimum Gasteiger partial charge on any atom is -0.465 e. The summed E-state index contributed by atoms with van der Waals surface area (Å²) in [5, 5.41) is 8.62. The lowest BCUT2D eigenvalue weighted by Gasteiger charge is -2.11. The largest absolute Gasteiger partial charge is 0.465 e. The van der Waals surface area contributed by atoms with Gasteiger partial charge in [0.15, 0.2) is 11.6 Å². The van der Waals surface area contributed by atoms with Gasteiger partial charge in [0.25, 0.3) is 0 Å². The quantitative estimate of drug-likeness (QED) is 0.489. The Bertz CT molecular complexity index is 1340. The number of hydrogen-bond donors (Lipinski definition) is 1. The Balaban J connectivity index is 2.07. The van der Waals surface area contributed by atoms with E-state index in [2.05, 4.69) is 19.0 Å². The predicted octanol–water partition coefficient (Wildman–Crippen LogP) is 0.667. The minimum absolute atomic E-state index is 0.0478. The molecule has 14 heteroatoms. The molecule has 1 aromatic heterocycles. The van der Waals surface area contributed by atoms with Gasteiger partial charge in [0.05, 0.1) is 29.0 Å². The molecule has 164 valence electrons. The van der Waals surface area contributed by atoms with Gasteiger partial charge in [-0.2, -0.15) is 18.7 Å². The van der Waals surface area contributed by atoms with Crippen molar-refractivity contribution in [2.45, 2.75) is 16.3 Å². The van der Waals surface area contributed by atoms with Gasteiger partial charge in [-0.3, -0.25) is 0 Å². The predicted molar refractivity (Wildman–Crippen MR) is 102 cm³/mol. The molecule has 0 radical (unpaired) electrons. The van der Waals surface area contributed by atoms with E-state index in [4.69, 9.17) is 5.14 Å². The van der Waals surface area contributed by atoms with E-state index in [0.29, 0.717) is 11.6 Å². The monoisotopic (exact) mass is 470 g/mol. The molecule has 3 rings (SSSR count). The molecule has 31 heavy (non-hydrogen) atoms. The molecule has 0 aliphatic carbocycles. The number of nitrogens with two attached hydrogens (primary N) is 1. The van der Waals surface area contributed by atoms with Gasteiger partial charge in [0.2, 0.25) is 9.84 Å². The minimum atomic E-state index is -4.50. The number of rotatable bonds is 7. The molecule has 0 unspecified atom stereocenters. The SMILES string of the molecule is COC(=O)c1cc(Cn2cncn2)cc(S(=O)(=O)c2ccc(OS(N)(=O)=O)c(F)c2)c1. The highest BCUT2D eigenvalue weighted by Crippen LogP contribution is 2.28. The van der Waals surface area contributed by atoms with Crippen LogP contribution in [-0.2, 0) is 31.4 Å². The van der Waals surface area contributed by atoms with E-state index in [-0.39, 0.29) is 17.0 Å². The van der Waals surface area contributed by atoms with Crippen LogP contribution in [0.25, 0.3) is 0 Å². The molecule has 2 N–H and O–H groups in total. The Morgan fingerprint density at radius 1 is 1.13 bits per heavy atom. The van der Waals surface area contributed by atoms with Crippen LogP contribution in [0.1, 0.15) is 15.9 Å². The molecule has 0 saturated heterocycles. The number of halogens is 1. The Morgan fingerprint density at radius 3 is 2.45 bits per heavy atom. The number of sulfone groups is 1. The summed E-state index contributed by atoms with van der Waals surface area (Å²) in [4.78, 5) is 15.0. The number of nitrogens with zero attached hydrogens (tertiary/aromatic N) is 3. The third kappa shape index (κ3) is 5.22. The van der Waals surface area contributed by atoms with E-state index in [1.807, 2.05) is 0 Å². The molecule has 2 aromatic carbocycles. The molecule has 0 bridgehead atoms. The van der Waals surface area contributed by atoms with Crippen LogP contribution in [0.2, 0.25) is 0 Å². The molecule has 1 heterocycles. The zero-order valence-electron chi connectivity index (χ0n) is 15.8. The van der Waals surface area contributed by atoms with Crippen LogP contribution in [0.5, 0.6) is 5.75 Å². The van der Waals surface area contributed by atoms with E-state index < -0.39 is 42.6 Å². The molecule has 11 nitrogen and oxygen atoms in total. The van der Waals surface area contributed by atoms with Gasteiger partial charge in [-0.25, -0.2) is 27.3 Å². The van der Waals surface area contributed by atoms with E-state index in [9.17, 15) is 26.0 Å². The molecule has 0 spiro atoms. The average molecular weight is 470 g/mol. The van der Waals surface area contributed by atoms with Gasteiger partial charge in [-0.1, -0.05) is 0 Å². The third-order valence-electron chi connectivity index (χ3n) is 3.93. The number of esters is 1. The van der Waals surface area contributed by atoms with Crippen molar-refractivity contribution >= 4 is 26.1 Å². The topological polar surface area (TPSA) is 161 Å². The van der Waals surface area contributed by atoms with Gasteiger partial charge in [0, 0.05) is 0 Å². The Kier molecular flexibility index (Phi) is 6.06. The van der Waals surface area contributed by atoms with Crippen molar-refractivity contribution < 1.29 is 34.9 Å². The lowest BCUT2D eigenvalue weighted by molar-refractivity contribution is 0.0600. The van der Waals surface area contributed by atoms with Crippen LogP contribution in [0, 0.1) is 5.82 Å². The maximum absolute atomic E-state index is 14.2. The maximum atomic E-state index is 14.2. The second-order valence-electron chi connectivity index (χ2n) is 6.12. The molecular weight excluding hydrogens is 455 g/mol. The fraction of sp³-hybridized carbons (Fsp3) is 0.118. The maximum Gasteiger partial charge on any atom is 0.380 e. The highest BCUT2D eigenvalue weighted by molar-refractivity contribution is 7.91. The Labute approximate surface area is 176 Å². The Morgan fingerprint density at radius 2 is 1.87 bits per heavy atom. The molecule has 0 fully saturated rings. The van der Waals surface area contributed by atoms with Gasteiger partial charge < -0.3 is 8.92 Å². The summed E-state index contributed by atoms with van der Waals surface area (Å²) in [6, 6.07) is 6.14. The van der Waals surface area contributed by atoms with Crippen molar-refractivity contribution in [1.82, 2.24) is 14.8 Å². The summed E-state index contributed by atoms with van der Waals surface area (Å²) in [6.45, 7) is 0.100. The Hall–Kier alpha value is -3.36. The number of carbonyl (C=O) groups excluding carboxylic acids is 1. The molecule has 3 aromatic rings. The van der Waals surface area contributed by atoms with Crippen molar-refractivity contribution in [1.29, 1.82) is 0 Å². The van der Waals surface area contributed by atoms with Gasteiger partial charge in [-0.05, 0) is 42.0 Å². The van der Waals surface area contributed by atoms with Crippen LogP contribution in [0.15, 0.2) is 58.8 Å². The summed E-state index contributed by atoms with van der Waals surface area (Å²) >= 11 is 0. The van der Waals surface area contributed by atoms with E-state index >= 15 is 0 Å². The number of carbonyl (C=O) groups is 1. The van der Waals surface area contributed by atoms with Crippen molar-refractivity contribution in [2.75, 3.05) is 7.11 Å². The van der Waals surface area contributed by atoms with E-state index in [1.54, 1.807) is 0 Å². The first-order chi connectivity index (χ1) is 14.5. The lowest BCUT2D eigenvalue weighted by Crippen LogP contribution is -2.19. The van der Waals surface area contributed by atoms with Crippen molar-refractivity contribution in [3.63, 3.8) is 0 Å². The first-order valence-electron chi connectivity index (χ1n) is 8.31. The smallest absolute Gasteiger partial charge is 0.380 e. The van der Waals surface area contributed by atoms with Crippen LogP contribution in [0.3, 0.4) is 0 Å². The normalized spacial score (nSPS) is 11.8. The number of benzene rings is 2. The highest BCUT2D eigenvalue weighted by Gasteiger charge is 2.23. The van der Waals surface area contributed by atoms with Crippen LogP contribution in [0.4, 0.5) is 4.39 Å². The fourth-order valence-corrected chi connectivity index (χ4v) is 4.37. The van der Waals surface area contributed by atoms with E-state index in [0.717, 1.165) is 25.3 Å². The second kappa shape index (κ2) is 8.41. The molecular formula is C17H15FN4O7S2. The number of methoxy groups -OCH3 is 1. The van der Waals surface area contributed by atoms with Crippen molar-refractivity contribution in [3.8, 4) is 5.75 Å². The van der Waals surface area contributed by atoms with Gasteiger partial charge in [-0.15, -0.1) is 0 Å². The summed E-state index contributed by atoms with van der Waals surface area (Å²) in [7, 11) is -7.68. The van der Waals surface area contributed by atoms with Gasteiger partial charge >= 0.3 is 16.3 Å². The fourth-order valence-electron chi connectivity index (χ4n) is 2.62. The first-order valence-corrected chi connectivity index (χ1v) is 11.3. The standard InChI is InChI=1S/C17H15FN4O7S2/c1-28-17(23)12-4-11(8-22-10-20-9-21-22)5-14(6-12)30(24,25)13-2-3-16(15(18)7-13)29-31(19,26)27/h2-7,9-10H,8H2,1H3,(H2,19,26,27). The number of hydrogen-bond acceptors (Lipinski definition) is 9. The number of ether oxygens (including phenoxy) is 1. The zero-order valence-corrected chi connectivity index (χ0v) is 17.4. The molecule has 0 aliphatic heterocycles. The summed E-state index contributed by atoms with van der Waals surface area (Å²) < 4.78 is 72.6. The highest BCUT2D eigenvalue weighted by atomic mass is 32.2. The summed E-state index contributed by atoms with van der Waals surface area (Å²) in [6.07, 6.45) is 2.69. The first kappa shape index (κ1) is 22.3. The zero-order chi connectivity index (χ0) is 22.8. The third-order valence-corrected chi connectivity index (χ3v) is 6.07. The van der Waals surface area contributed by atoms with Crippen LogP contribution < -0.4 is 9.32 Å². The van der Waals surface area contributed by atoms with Crippen LogP contribution in [-0.4, -0.2) is 44.7 Å². The van der Waals surface area contributed by atoms with Crippen LogP contribution >= 0.6 is 0 Å². The number of aromatic nitrogens is 3. The molecule has 0 saturated carbocycles. The average Bonchev–Trinajstić information content (AvgIpc) is 3.20. The van der Waals surface area contributed by atoms with Crippen molar-refractivity contribution in [3.05, 3.63) is 66.0 Å². The second-order valence-corrected chi connectivity index (χ2v) is 9.22. The summed E-state index contributed by atoms with van der Waals surface area (Å²) in [5.74, 6) is -2.81. The van der Waals surface area contributed by atoms with Gasteiger partial charge in [0.1, 0.15) is 12.7 Å². The molecule has 0 amide bonds. The molecule has 0 aliphatic rings. The van der Waals surface area contributed by atoms with Crippen molar-refractivity contribution in [2.24, 2.45) is 5.14 Å². The lowest BCUT2D eigenvalue weighted by atomic mass is 10.1. The van der Waals surface area contributed by atoms with E-state index in [1.165, 1.54) is 29.5 Å². The summed E-state index contributed by atoms with van der Waals surface area (Å²) in [5.41, 5.74) is 0.343.